The zero-order valence-corrected chi connectivity index (χ0v) is 9.27. The van der Waals surface area contributed by atoms with Gasteiger partial charge in [-0.1, -0.05) is 0 Å². The van der Waals surface area contributed by atoms with E-state index >= 15 is 0 Å². The van der Waals surface area contributed by atoms with Crippen molar-refractivity contribution < 1.29 is 26.7 Å². The molecule has 6 nitrogen and oxygen atoms in total. The first kappa shape index (κ1) is 13.9. The summed E-state index contributed by atoms with van der Waals surface area (Å²) >= 11 is 0. The van der Waals surface area contributed by atoms with Crippen molar-refractivity contribution in [3.05, 3.63) is 11.8 Å². The van der Waals surface area contributed by atoms with Crippen LogP contribution in [-0.4, -0.2) is 36.4 Å². The summed E-state index contributed by atoms with van der Waals surface area (Å²) in [5.74, 6) is 0. The second kappa shape index (κ2) is 5.02. The van der Waals surface area contributed by atoms with Gasteiger partial charge >= 0.3 is 6.18 Å². The molecule has 0 radical (unpaired) electrons. The van der Waals surface area contributed by atoms with E-state index in [0.29, 0.717) is 0 Å². The van der Waals surface area contributed by atoms with Gasteiger partial charge < -0.3 is 5.11 Å². The standard InChI is InChI=1S/C7H10F3N3O3S/c8-7(9,10)1-2-12-17(15,16)6-5(4-14)3-11-13-6/h3,12,14H,1-2,4H2,(H,11,13). The van der Waals surface area contributed by atoms with Gasteiger partial charge in [-0.2, -0.15) is 18.3 Å². The molecule has 0 saturated heterocycles. The summed E-state index contributed by atoms with van der Waals surface area (Å²) in [7, 11) is -4.11. The number of aliphatic hydroxyl groups excluding tert-OH is 1. The molecule has 0 unspecified atom stereocenters. The van der Waals surface area contributed by atoms with Gasteiger partial charge in [-0.25, -0.2) is 13.1 Å². The molecule has 0 spiro atoms. The number of aromatic nitrogens is 2. The minimum Gasteiger partial charge on any atom is -0.392 e. The molecule has 1 aromatic rings. The first-order chi connectivity index (χ1) is 7.76. The number of hydrogen-bond donors (Lipinski definition) is 3. The van der Waals surface area contributed by atoms with E-state index in [9.17, 15) is 21.6 Å². The van der Waals surface area contributed by atoms with Crippen LogP contribution in [0.3, 0.4) is 0 Å². The molecule has 0 aliphatic heterocycles. The van der Waals surface area contributed by atoms with Crippen LogP contribution in [-0.2, 0) is 16.6 Å². The van der Waals surface area contributed by atoms with Crippen molar-refractivity contribution in [2.75, 3.05) is 6.54 Å². The smallest absolute Gasteiger partial charge is 0.390 e. The maximum absolute atomic E-state index is 11.8. The van der Waals surface area contributed by atoms with E-state index in [-0.39, 0.29) is 5.56 Å². The lowest BCUT2D eigenvalue weighted by Crippen LogP contribution is -2.29. The Morgan fingerprint density at radius 1 is 1.47 bits per heavy atom. The number of nitrogens with one attached hydrogen (secondary N) is 2. The Labute approximate surface area is 94.9 Å². The topological polar surface area (TPSA) is 95.1 Å². The van der Waals surface area contributed by atoms with E-state index in [1.54, 1.807) is 4.72 Å². The lowest BCUT2D eigenvalue weighted by atomic mass is 10.4. The molecule has 1 aromatic heterocycles. The third-order valence-electron chi connectivity index (χ3n) is 1.82. The molecule has 1 rings (SSSR count). The van der Waals surface area contributed by atoms with E-state index in [1.807, 2.05) is 0 Å². The van der Waals surface area contributed by atoms with Gasteiger partial charge in [-0.15, -0.1) is 0 Å². The fourth-order valence-corrected chi connectivity index (χ4v) is 2.19. The molecule has 0 atom stereocenters. The highest BCUT2D eigenvalue weighted by Gasteiger charge is 2.28. The lowest BCUT2D eigenvalue weighted by molar-refractivity contribution is -0.132. The molecule has 0 aliphatic carbocycles. The summed E-state index contributed by atoms with van der Waals surface area (Å²) < 4.78 is 60.2. The number of aliphatic hydroxyl groups is 1. The van der Waals surface area contributed by atoms with Crippen LogP contribution in [0.1, 0.15) is 12.0 Å². The first-order valence-corrected chi connectivity index (χ1v) is 5.94. The van der Waals surface area contributed by atoms with Gasteiger partial charge in [0.1, 0.15) is 0 Å². The summed E-state index contributed by atoms with van der Waals surface area (Å²) in [6.07, 6.45) is -4.62. The van der Waals surface area contributed by atoms with E-state index in [1.165, 1.54) is 0 Å². The molecule has 0 aliphatic rings. The number of rotatable bonds is 5. The molecule has 10 heteroatoms. The molecule has 17 heavy (non-hydrogen) atoms. The Hall–Kier alpha value is -1.13. The van der Waals surface area contributed by atoms with Crippen LogP contribution in [0.2, 0.25) is 0 Å². The first-order valence-electron chi connectivity index (χ1n) is 4.46. The lowest BCUT2D eigenvalue weighted by Gasteiger charge is -2.08. The quantitative estimate of drug-likeness (QED) is 0.710. The van der Waals surface area contributed by atoms with E-state index in [2.05, 4.69) is 10.2 Å². The van der Waals surface area contributed by atoms with Crippen LogP contribution in [0.5, 0.6) is 0 Å². The van der Waals surface area contributed by atoms with Gasteiger partial charge in [0.2, 0.25) is 0 Å². The Kier molecular flexibility index (Phi) is 4.11. The number of sulfonamides is 1. The Morgan fingerprint density at radius 2 is 2.12 bits per heavy atom. The Morgan fingerprint density at radius 3 is 2.65 bits per heavy atom. The van der Waals surface area contributed by atoms with Crippen LogP contribution in [0.15, 0.2) is 11.2 Å². The van der Waals surface area contributed by atoms with E-state index in [0.717, 1.165) is 6.20 Å². The average Bonchev–Trinajstić information content (AvgIpc) is 2.63. The number of halogens is 3. The summed E-state index contributed by atoms with van der Waals surface area (Å²) in [5.41, 5.74) is -0.00971. The normalized spacial score (nSPS) is 12.9. The van der Waals surface area contributed by atoms with Gasteiger partial charge in [0.15, 0.2) is 5.03 Å². The molecule has 0 aromatic carbocycles. The fourth-order valence-electron chi connectivity index (χ4n) is 1.04. The number of aromatic amines is 1. The third-order valence-corrected chi connectivity index (χ3v) is 3.29. The largest absolute Gasteiger partial charge is 0.392 e. The van der Waals surface area contributed by atoms with E-state index in [4.69, 9.17) is 5.11 Å². The van der Waals surface area contributed by atoms with Crippen LogP contribution in [0.4, 0.5) is 13.2 Å². The van der Waals surface area contributed by atoms with Crippen molar-refractivity contribution >= 4 is 10.0 Å². The highest BCUT2D eigenvalue weighted by molar-refractivity contribution is 7.89. The Bertz CT molecular complexity index is 468. The van der Waals surface area contributed by atoms with Gasteiger partial charge in [-0.3, -0.25) is 5.10 Å². The summed E-state index contributed by atoms with van der Waals surface area (Å²) in [6, 6.07) is 0. The third kappa shape index (κ3) is 3.98. The van der Waals surface area contributed by atoms with Crippen molar-refractivity contribution in [2.45, 2.75) is 24.2 Å². The molecule has 98 valence electrons. The summed E-state index contributed by atoms with van der Waals surface area (Å²) in [6.45, 7) is -1.35. The highest BCUT2D eigenvalue weighted by atomic mass is 32.2. The molecular formula is C7H10F3N3O3S. The Balaban J connectivity index is 2.70. The molecule has 0 fully saturated rings. The number of nitrogens with zero attached hydrogens (tertiary/aromatic N) is 1. The monoisotopic (exact) mass is 273 g/mol. The highest BCUT2D eigenvalue weighted by Crippen LogP contribution is 2.19. The van der Waals surface area contributed by atoms with Crippen LogP contribution >= 0.6 is 0 Å². The van der Waals surface area contributed by atoms with Gasteiger partial charge in [0.25, 0.3) is 10.0 Å². The van der Waals surface area contributed by atoms with E-state index < -0.39 is 40.8 Å². The maximum atomic E-state index is 11.8. The van der Waals surface area contributed by atoms with Gasteiger partial charge in [0.05, 0.1) is 19.2 Å². The van der Waals surface area contributed by atoms with Crippen LogP contribution in [0.25, 0.3) is 0 Å². The second-order valence-electron chi connectivity index (χ2n) is 3.15. The number of hydrogen-bond acceptors (Lipinski definition) is 4. The number of H-pyrrole nitrogens is 1. The average molecular weight is 273 g/mol. The maximum Gasteiger partial charge on any atom is 0.390 e. The fraction of sp³-hybridized carbons (Fsp3) is 0.571. The van der Waals surface area contributed by atoms with Crippen molar-refractivity contribution in [1.82, 2.24) is 14.9 Å². The minimum atomic E-state index is -4.43. The molecular weight excluding hydrogens is 263 g/mol. The van der Waals surface area contributed by atoms with Crippen LogP contribution < -0.4 is 4.72 Å². The van der Waals surface area contributed by atoms with Crippen molar-refractivity contribution in [3.8, 4) is 0 Å². The van der Waals surface area contributed by atoms with Crippen molar-refractivity contribution in [3.63, 3.8) is 0 Å². The van der Waals surface area contributed by atoms with Crippen molar-refractivity contribution in [1.29, 1.82) is 0 Å². The van der Waals surface area contributed by atoms with Gasteiger partial charge in [0, 0.05) is 12.1 Å². The molecule has 3 N–H and O–H groups in total. The van der Waals surface area contributed by atoms with Crippen LogP contribution in [0, 0.1) is 0 Å². The molecule has 1 heterocycles. The SMILES string of the molecule is O=S(=O)(NCCC(F)(F)F)c1[nH]ncc1CO. The minimum absolute atomic E-state index is 0.00971. The molecule has 0 saturated carbocycles. The predicted molar refractivity (Wildman–Crippen MR) is 50.4 cm³/mol. The number of alkyl halides is 3. The summed E-state index contributed by atoms with van der Waals surface area (Å²) in [4.78, 5) is 0. The van der Waals surface area contributed by atoms with Crippen molar-refractivity contribution in [2.24, 2.45) is 0 Å². The molecule has 0 bridgehead atoms. The zero-order valence-electron chi connectivity index (χ0n) is 8.45. The summed E-state index contributed by atoms with van der Waals surface area (Å²) in [5, 5.41) is 13.9. The zero-order chi connectivity index (χ0) is 13.1. The predicted octanol–water partition coefficient (Wildman–Crippen LogP) is 0.133. The van der Waals surface area contributed by atoms with Gasteiger partial charge in [-0.05, 0) is 0 Å². The molecule has 0 amide bonds. The second-order valence-corrected chi connectivity index (χ2v) is 4.85.